The summed E-state index contributed by atoms with van der Waals surface area (Å²) in [4.78, 5) is 37.9. The van der Waals surface area contributed by atoms with Crippen LogP contribution in [0.5, 0.6) is 0 Å². The SMILES string of the molecule is CN(CC(=O)O)C(=O)C[C@@H]1CN[C@H](C(=O)N2CCC[C@H]2C#N)C1. The van der Waals surface area contributed by atoms with Gasteiger partial charge < -0.3 is 20.2 Å². The number of nitrogens with one attached hydrogen (secondary N) is 1. The highest BCUT2D eigenvalue weighted by atomic mass is 16.4. The Balaban J connectivity index is 1.84. The van der Waals surface area contributed by atoms with Crippen molar-refractivity contribution in [2.45, 2.75) is 37.8 Å². The molecule has 2 saturated heterocycles. The Bertz CT molecular complexity index is 530. The number of hydrogen-bond donors (Lipinski definition) is 2. The van der Waals surface area contributed by atoms with Crippen LogP contribution in [0.3, 0.4) is 0 Å². The first-order valence-electron chi connectivity index (χ1n) is 7.81. The van der Waals surface area contributed by atoms with Crippen LogP contribution in [0.4, 0.5) is 0 Å². The first kappa shape index (κ1) is 17.2. The molecule has 8 heteroatoms. The van der Waals surface area contributed by atoms with E-state index in [0.717, 1.165) is 12.8 Å². The molecule has 2 N–H and O–H groups in total. The van der Waals surface area contributed by atoms with Crippen molar-refractivity contribution >= 4 is 17.8 Å². The molecule has 23 heavy (non-hydrogen) atoms. The molecule has 0 aromatic carbocycles. The number of carboxylic acid groups (broad SMARTS) is 1. The molecule has 0 radical (unpaired) electrons. The number of carboxylic acids is 1. The van der Waals surface area contributed by atoms with Crippen LogP contribution in [-0.4, -0.2) is 71.5 Å². The molecule has 2 amide bonds. The molecule has 8 nitrogen and oxygen atoms in total. The summed E-state index contributed by atoms with van der Waals surface area (Å²) in [5.74, 6) is -1.34. The van der Waals surface area contributed by atoms with Gasteiger partial charge in [-0.05, 0) is 31.7 Å². The Hall–Kier alpha value is -2.14. The standard InChI is InChI=1S/C15H22N4O4/c1-18(9-14(21)22)13(20)6-10-5-12(17-8-10)15(23)19-4-2-3-11(19)7-16/h10-12,17H,2-6,8-9H2,1H3,(H,21,22)/t10-,11+,12+/m1/s1. The van der Waals surface area contributed by atoms with Gasteiger partial charge in [0, 0.05) is 20.0 Å². The molecule has 2 heterocycles. The maximum atomic E-state index is 12.5. The van der Waals surface area contributed by atoms with Gasteiger partial charge in [-0.2, -0.15) is 5.26 Å². The summed E-state index contributed by atoms with van der Waals surface area (Å²) in [6.07, 6.45) is 2.33. The highest BCUT2D eigenvalue weighted by Crippen LogP contribution is 2.23. The minimum atomic E-state index is -1.05. The summed E-state index contributed by atoms with van der Waals surface area (Å²) >= 11 is 0. The van der Waals surface area contributed by atoms with E-state index in [2.05, 4.69) is 11.4 Å². The van der Waals surface area contributed by atoms with Gasteiger partial charge in [0.15, 0.2) is 0 Å². The molecule has 0 aromatic rings. The fraction of sp³-hybridized carbons (Fsp3) is 0.733. The predicted molar refractivity (Wildman–Crippen MR) is 80.1 cm³/mol. The molecule has 0 saturated carbocycles. The van der Waals surface area contributed by atoms with E-state index in [1.807, 2.05) is 0 Å². The number of hydrogen-bond acceptors (Lipinski definition) is 5. The summed E-state index contributed by atoms with van der Waals surface area (Å²) in [5.41, 5.74) is 0. The maximum absolute atomic E-state index is 12.5. The third kappa shape index (κ3) is 4.20. The van der Waals surface area contributed by atoms with Gasteiger partial charge in [0.2, 0.25) is 11.8 Å². The lowest BCUT2D eigenvalue weighted by Crippen LogP contribution is -2.45. The molecule has 0 aromatic heterocycles. The first-order valence-corrected chi connectivity index (χ1v) is 7.81. The Morgan fingerprint density at radius 3 is 2.83 bits per heavy atom. The van der Waals surface area contributed by atoms with Gasteiger partial charge >= 0.3 is 5.97 Å². The van der Waals surface area contributed by atoms with Crippen molar-refractivity contribution in [3.63, 3.8) is 0 Å². The highest BCUT2D eigenvalue weighted by molar-refractivity contribution is 5.84. The minimum Gasteiger partial charge on any atom is -0.480 e. The van der Waals surface area contributed by atoms with Gasteiger partial charge in [-0.3, -0.25) is 14.4 Å². The zero-order valence-corrected chi connectivity index (χ0v) is 13.2. The number of carbonyl (C=O) groups is 3. The number of nitrogens with zero attached hydrogens (tertiary/aromatic N) is 3. The van der Waals surface area contributed by atoms with Crippen LogP contribution in [0.15, 0.2) is 0 Å². The van der Waals surface area contributed by atoms with E-state index in [-0.39, 0.29) is 42.8 Å². The molecule has 0 spiro atoms. The third-order valence-corrected chi connectivity index (χ3v) is 4.47. The van der Waals surface area contributed by atoms with Crippen LogP contribution in [0, 0.1) is 17.2 Å². The van der Waals surface area contributed by atoms with Gasteiger partial charge in [0.05, 0.1) is 12.1 Å². The van der Waals surface area contributed by atoms with E-state index < -0.39 is 5.97 Å². The van der Waals surface area contributed by atoms with E-state index in [4.69, 9.17) is 10.4 Å². The van der Waals surface area contributed by atoms with Crippen molar-refractivity contribution in [1.29, 1.82) is 5.26 Å². The average molecular weight is 322 g/mol. The number of likely N-dealkylation sites (N-methyl/N-ethyl adjacent to an activating group) is 1. The van der Waals surface area contributed by atoms with Crippen LogP contribution >= 0.6 is 0 Å². The van der Waals surface area contributed by atoms with E-state index >= 15 is 0 Å². The van der Waals surface area contributed by atoms with Crippen LogP contribution < -0.4 is 5.32 Å². The number of rotatable bonds is 5. The van der Waals surface area contributed by atoms with Crippen molar-refractivity contribution < 1.29 is 19.5 Å². The largest absolute Gasteiger partial charge is 0.480 e. The van der Waals surface area contributed by atoms with Gasteiger partial charge in [-0.1, -0.05) is 0 Å². The first-order chi connectivity index (χ1) is 10.9. The zero-order valence-electron chi connectivity index (χ0n) is 13.2. The van der Waals surface area contributed by atoms with Crippen molar-refractivity contribution in [3.8, 4) is 6.07 Å². The third-order valence-electron chi connectivity index (χ3n) is 4.47. The van der Waals surface area contributed by atoms with Crippen molar-refractivity contribution in [1.82, 2.24) is 15.1 Å². The lowest BCUT2D eigenvalue weighted by molar-refractivity contribution is -0.143. The molecule has 0 aliphatic carbocycles. The summed E-state index contributed by atoms with van der Waals surface area (Å²) in [7, 11) is 1.46. The second-order valence-electron chi connectivity index (χ2n) is 6.23. The maximum Gasteiger partial charge on any atom is 0.323 e. The Morgan fingerprint density at radius 1 is 1.43 bits per heavy atom. The topological polar surface area (TPSA) is 114 Å². The number of aliphatic carboxylic acids is 1. The molecule has 0 bridgehead atoms. The van der Waals surface area contributed by atoms with Gasteiger partial charge in [0.1, 0.15) is 12.6 Å². The normalized spacial score (nSPS) is 26.8. The van der Waals surface area contributed by atoms with Crippen LogP contribution in [-0.2, 0) is 14.4 Å². The molecular weight excluding hydrogens is 300 g/mol. The molecule has 2 fully saturated rings. The van der Waals surface area contributed by atoms with Crippen molar-refractivity contribution in [2.24, 2.45) is 5.92 Å². The molecule has 2 aliphatic rings. The fourth-order valence-electron chi connectivity index (χ4n) is 3.21. The van der Waals surface area contributed by atoms with E-state index in [1.165, 1.54) is 11.9 Å². The van der Waals surface area contributed by atoms with Crippen LogP contribution in [0.1, 0.15) is 25.7 Å². The summed E-state index contributed by atoms with van der Waals surface area (Å²) in [5, 5.41) is 20.9. The summed E-state index contributed by atoms with van der Waals surface area (Å²) in [6.45, 7) is 0.841. The van der Waals surface area contributed by atoms with Crippen LogP contribution in [0.2, 0.25) is 0 Å². The lowest BCUT2D eigenvalue weighted by Gasteiger charge is -2.23. The number of amides is 2. The number of nitriles is 1. The van der Waals surface area contributed by atoms with E-state index in [1.54, 1.807) is 4.90 Å². The number of carbonyl (C=O) groups excluding carboxylic acids is 2. The molecule has 3 atom stereocenters. The van der Waals surface area contributed by atoms with Crippen LogP contribution in [0.25, 0.3) is 0 Å². The van der Waals surface area contributed by atoms with Crippen molar-refractivity contribution in [3.05, 3.63) is 0 Å². The Labute approximate surface area is 135 Å². The fourth-order valence-corrected chi connectivity index (χ4v) is 3.21. The van der Waals surface area contributed by atoms with Gasteiger partial charge in [0.25, 0.3) is 0 Å². The minimum absolute atomic E-state index is 0.0100. The predicted octanol–water partition coefficient (Wildman–Crippen LogP) is -0.588. The smallest absolute Gasteiger partial charge is 0.323 e. The highest BCUT2D eigenvalue weighted by Gasteiger charge is 2.37. The molecule has 2 aliphatic heterocycles. The average Bonchev–Trinajstić information content (AvgIpc) is 3.14. The Kier molecular flexibility index (Phi) is 5.55. The van der Waals surface area contributed by atoms with E-state index in [0.29, 0.717) is 19.5 Å². The molecule has 126 valence electrons. The molecule has 2 rings (SSSR count). The second kappa shape index (κ2) is 7.42. The molecule has 0 unspecified atom stereocenters. The Morgan fingerprint density at radius 2 is 2.17 bits per heavy atom. The lowest BCUT2D eigenvalue weighted by atomic mass is 10.0. The summed E-state index contributed by atoms with van der Waals surface area (Å²) in [6, 6.07) is 1.46. The number of likely N-dealkylation sites (tertiary alicyclic amines) is 1. The summed E-state index contributed by atoms with van der Waals surface area (Å²) < 4.78 is 0. The second-order valence-corrected chi connectivity index (χ2v) is 6.23. The zero-order chi connectivity index (χ0) is 17.0. The van der Waals surface area contributed by atoms with Crippen molar-refractivity contribution in [2.75, 3.05) is 26.7 Å². The van der Waals surface area contributed by atoms with Gasteiger partial charge in [-0.25, -0.2) is 0 Å². The quantitative estimate of drug-likeness (QED) is 0.699. The monoisotopic (exact) mass is 322 g/mol. The molecular formula is C15H22N4O4. The van der Waals surface area contributed by atoms with Gasteiger partial charge in [-0.15, -0.1) is 0 Å². The van der Waals surface area contributed by atoms with E-state index in [9.17, 15) is 14.4 Å².